The van der Waals surface area contributed by atoms with Crippen molar-refractivity contribution in [2.24, 2.45) is 0 Å². The van der Waals surface area contributed by atoms with Crippen LogP contribution in [0.15, 0.2) is 55.0 Å². The zero-order chi connectivity index (χ0) is 18.2. The predicted octanol–water partition coefficient (Wildman–Crippen LogP) is 2.16. The van der Waals surface area contributed by atoms with Crippen LogP contribution in [0.1, 0.15) is 16.2 Å². The van der Waals surface area contributed by atoms with Gasteiger partial charge in [0.15, 0.2) is 0 Å². The van der Waals surface area contributed by atoms with Gasteiger partial charge in [-0.05, 0) is 31.2 Å². The summed E-state index contributed by atoms with van der Waals surface area (Å²) >= 11 is 0. The lowest BCUT2D eigenvalue weighted by Gasteiger charge is -2.10. The Balaban J connectivity index is 1.52. The van der Waals surface area contributed by atoms with Crippen molar-refractivity contribution in [2.75, 3.05) is 23.7 Å². The fraction of sp³-hybridized carbons (Fsp3) is 0.167. The highest BCUT2D eigenvalue weighted by Crippen LogP contribution is 2.15. The van der Waals surface area contributed by atoms with Crippen molar-refractivity contribution in [3.63, 3.8) is 0 Å². The topological polar surface area (TPSA) is 105 Å². The number of amides is 1. The number of nitrogens with zero attached hydrogens (tertiary/aromatic N) is 4. The Bertz CT molecular complexity index is 856. The Morgan fingerprint density at radius 1 is 1.00 bits per heavy atom. The van der Waals surface area contributed by atoms with Crippen LogP contribution in [-0.2, 0) is 0 Å². The molecule has 8 nitrogen and oxygen atoms in total. The van der Waals surface area contributed by atoms with E-state index in [-0.39, 0.29) is 5.91 Å². The van der Waals surface area contributed by atoms with Crippen molar-refractivity contribution < 1.29 is 4.79 Å². The van der Waals surface area contributed by atoms with Gasteiger partial charge in [-0.2, -0.15) is 0 Å². The molecule has 0 aliphatic carbocycles. The third-order valence-electron chi connectivity index (χ3n) is 3.40. The van der Waals surface area contributed by atoms with E-state index >= 15 is 0 Å². The van der Waals surface area contributed by atoms with Gasteiger partial charge in [-0.25, -0.2) is 15.0 Å². The predicted molar refractivity (Wildman–Crippen MR) is 99.3 cm³/mol. The monoisotopic (exact) mass is 349 g/mol. The summed E-state index contributed by atoms with van der Waals surface area (Å²) < 4.78 is 0. The van der Waals surface area contributed by atoms with Gasteiger partial charge >= 0.3 is 0 Å². The lowest BCUT2D eigenvalue weighted by atomic mass is 10.3. The van der Waals surface area contributed by atoms with E-state index in [2.05, 4.69) is 35.9 Å². The molecular weight excluding hydrogens is 330 g/mol. The van der Waals surface area contributed by atoms with Crippen molar-refractivity contribution >= 4 is 23.4 Å². The Morgan fingerprint density at radius 3 is 2.65 bits per heavy atom. The number of hydrogen-bond acceptors (Lipinski definition) is 7. The van der Waals surface area contributed by atoms with Crippen LogP contribution in [0.2, 0.25) is 0 Å². The van der Waals surface area contributed by atoms with Crippen LogP contribution in [0.3, 0.4) is 0 Å². The Morgan fingerprint density at radius 2 is 1.88 bits per heavy atom. The minimum atomic E-state index is -0.156. The molecule has 26 heavy (non-hydrogen) atoms. The third kappa shape index (κ3) is 4.97. The van der Waals surface area contributed by atoms with Crippen molar-refractivity contribution in [1.29, 1.82) is 0 Å². The SMILES string of the molecule is Cc1nc(NCCNC(=O)c2cccnc2)cc(Nc2ccccn2)n1. The quantitative estimate of drug-likeness (QED) is 0.561. The average Bonchev–Trinajstić information content (AvgIpc) is 2.66. The molecule has 3 aromatic rings. The van der Waals surface area contributed by atoms with Crippen molar-refractivity contribution in [1.82, 2.24) is 25.3 Å². The second kappa shape index (κ2) is 8.52. The van der Waals surface area contributed by atoms with E-state index < -0.39 is 0 Å². The molecule has 3 aromatic heterocycles. The van der Waals surface area contributed by atoms with E-state index in [9.17, 15) is 4.79 Å². The summed E-state index contributed by atoms with van der Waals surface area (Å²) in [5.74, 6) is 2.51. The lowest BCUT2D eigenvalue weighted by molar-refractivity contribution is 0.0955. The van der Waals surface area contributed by atoms with Gasteiger partial charge in [0, 0.05) is 37.7 Å². The molecule has 0 aliphatic rings. The van der Waals surface area contributed by atoms with Crippen molar-refractivity contribution in [3.05, 3.63) is 66.4 Å². The normalized spacial score (nSPS) is 10.2. The summed E-state index contributed by atoms with van der Waals surface area (Å²) in [6.07, 6.45) is 4.87. The molecule has 0 saturated carbocycles. The zero-order valence-electron chi connectivity index (χ0n) is 14.3. The first-order valence-corrected chi connectivity index (χ1v) is 8.16. The van der Waals surface area contributed by atoms with Gasteiger partial charge in [0.1, 0.15) is 23.3 Å². The first kappa shape index (κ1) is 17.3. The van der Waals surface area contributed by atoms with Gasteiger partial charge in [0.25, 0.3) is 5.91 Å². The van der Waals surface area contributed by atoms with Gasteiger partial charge in [-0.1, -0.05) is 6.07 Å². The molecule has 0 atom stereocenters. The molecule has 0 unspecified atom stereocenters. The Kier molecular flexibility index (Phi) is 5.66. The zero-order valence-corrected chi connectivity index (χ0v) is 14.3. The van der Waals surface area contributed by atoms with Crippen LogP contribution < -0.4 is 16.0 Å². The second-order valence-corrected chi connectivity index (χ2v) is 5.45. The minimum absolute atomic E-state index is 0.156. The maximum absolute atomic E-state index is 11.9. The molecule has 0 radical (unpaired) electrons. The number of carbonyl (C=O) groups excluding carboxylic acids is 1. The molecule has 0 spiro atoms. The van der Waals surface area contributed by atoms with Crippen molar-refractivity contribution in [3.8, 4) is 0 Å². The number of aryl methyl sites for hydroxylation is 1. The molecule has 3 N–H and O–H groups in total. The largest absolute Gasteiger partial charge is 0.368 e. The summed E-state index contributed by atoms with van der Waals surface area (Å²) in [5, 5.41) is 9.14. The minimum Gasteiger partial charge on any atom is -0.368 e. The van der Waals surface area contributed by atoms with E-state index in [4.69, 9.17) is 0 Å². The van der Waals surface area contributed by atoms with E-state index in [1.54, 1.807) is 30.6 Å². The highest BCUT2D eigenvalue weighted by atomic mass is 16.1. The first-order valence-electron chi connectivity index (χ1n) is 8.16. The molecule has 0 fully saturated rings. The fourth-order valence-electron chi connectivity index (χ4n) is 2.26. The number of pyridine rings is 2. The van der Waals surface area contributed by atoms with E-state index in [0.29, 0.717) is 41.9 Å². The number of nitrogens with one attached hydrogen (secondary N) is 3. The van der Waals surface area contributed by atoms with Gasteiger partial charge in [0.2, 0.25) is 0 Å². The number of rotatable bonds is 7. The van der Waals surface area contributed by atoms with Crippen LogP contribution in [0, 0.1) is 6.92 Å². The molecule has 8 heteroatoms. The van der Waals surface area contributed by atoms with Gasteiger partial charge in [0.05, 0.1) is 5.56 Å². The maximum atomic E-state index is 11.9. The summed E-state index contributed by atoms with van der Waals surface area (Å²) in [6, 6.07) is 10.9. The maximum Gasteiger partial charge on any atom is 0.252 e. The van der Waals surface area contributed by atoms with Crippen LogP contribution >= 0.6 is 0 Å². The number of hydrogen-bond donors (Lipinski definition) is 3. The molecule has 1 amide bonds. The molecule has 0 saturated heterocycles. The molecule has 0 bridgehead atoms. The van der Waals surface area contributed by atoms with Gasteiger partial charge < -0.3 is 16.0 Å². The van der Waals surface area contributed by atoms with Crippen molar-refractivity contribution in [2.45, 2.75) is 6.92 Å². The fourth-order valence-corrected chi connectivity index (χ4v) is 2.26. The Labute approximate surface area is 151 Å². The third-order valence-corrected chi connectivity index (χ3v) is 3.40. The standard InChI is InChI=1S/C18H19N7O/c1-13-23-16(11-17(24-13)25-15-6-2-3-8-20-15)21-9-10-22-18(26)14-5-4-7-19-12-14/h2-8,11-12H,9-10H2,1H3,(H,22,26)(H2,20,21,23,24,25). The average molecular weight is 349 g/mol. The molecule has 3 rings (SSSR count). The summed E-state index contributed by atoms with van der Waals surface area (Å²) in [7, 11) is 0. The van der Waals surface area contributed by atoms with E-state index in [1.165, 1.54) is 6.20 Å². The van der Waals surface area contributed by atoms with Crippen LogP contribution in [-0.4, -0.2) is 38.9 Å². The first-order chi connectivity index (χ1) is 12.7. The second-order valence-electron chi connectivity index (χ2n) is 5.45. The molecule has 0 aliphatic heterocycles. The Hall–Kier alpha value is -3.55. The highest BCUT2D eigenvalue weighted by Gasteiger charge is 2.05. The summed E-state index contributed by atoms with van der Waals surface area (Å²) in [6.45, 7) is 2.81. The van der Waals surface area contributed by atoms with Gasteiger partial charge in [-0.15, -0.1) is 0 Å². The van der Waals surface area contributed by atoms with Crippen LogP contribution in [0.25, 0.3) is 0 Å². The smallest absolute Gasteiger partial charge is 0.252 e. The lowest BCUT2D eigenvalue weighted by Crippen LogP contribution is -2.29. The summed E-state index contributed by atoms with van der Waals surface area (Å²) in [5.41, 5.74) is 0.534. The number of aromatic nitrogens is 4. The molecule has 132 valence electrons. The van der Waals surface area contributed by atoms with Crippen LogP contribution in [0.5, 0.6) is 0 Å². The van der Waals surface area contributed by atoms with E-state index in [0.717, 1.165) is 0 Å². The molecule has 3 heterocycles. The number of anilines is 3. The highest BCUT2D eigenvalue weighted by molar-refractivity contribution is 5.93. The summed E-state index contributed by atoms with van der Waals surface area (Å²) in [4.78, 5) is 28.8. The van der Waals surface area contributed by atoms with Gasteiger partial charge in [-0.3, -0.25) is 9.78 Å². The van der Waals surface area contributed by atoms with Crippen LogP contribution in [0.4, 0.5) is 17.5 Å². The number of carbonyl (C=O) groups is 1. The molecular formula is C18H19N7O. The van der Waals surface area contributed by atoms with E-state index in [1.807, 2.05) is 25.1 Å². The molecule has 0 aromatic carbocycles.